The van der Waals surface area contributed by atoms with Crippen molar-refractivity contribution in [2.75, 3.05) is 25.6 Å². The standard InChI is InChI=1S/C13H15N3O3/c1-17-7-6-14-13-15-12(16-19-13)11-8-9-4-2-3-5-10(9)18-11/h2-5,11H,6-8H2,1H3,(H,14,15,16). The van der Waals surface area contributed by atoms with Crippen LogP contribution in [0.15, 0.2) is 28.8 Å². The van der Waals surface area contributed by atoms with Crippen molar-refractivity contribution in [3.63, 3.8) is 0 Å². The molecule has 0 bridgehead atoms. The molecule has 100 valence electrons. The molecule has 1 unspecified atom stereocenters. The van der Waals surface area contributed by atoms with Gasteiger partial charge in [0.25, 0.3) is 0 Å². The summed E-state index contributed by atoms with van der Waals surface area (Å²) >= 11 is 0. The highest BCUT2D eigenvalue weighted by Crippen LogP contribution is 2.35. The molecule has 2 aromatic rings. The number of hydrogen-bond acceptors (Lipinski definition) is 6. The van der Waals surface area contributed by atoms with Gasteiger partial charge in [-0.3, -0.25) is 0 Å². The second kappa shape index (κ2) is 5.27. The van der Waals surface area contributed by atoms with Crippen LogP contribution >= 0.6 is 0 Å². The third kappa shape index (κ3) is 2.53. The highest BCUT2D eigenvalue weighted by Gasteiger charge is 2.28. The van der Waals surface area contributed by atoms with Crippen LogP contribution in [-0.2, 0) is 11.2 Å². The SMILES string of the molecule is COCCNc1nc(C2Cc3ccccc3O2)no1. The van der Waals surface area contributed by atoms with E-state index in [2.05, 4.69) is 15.5 Å². The summed E-state index contributed by atoms with van der Waals surface area (Å²) in [6.07, 6.45) is 0.604. The Labute approximate surface area is 110 Å². The van der Waals surface area contributed by atoms with Crippen LogP contribution in [0.1, 0.15) is 17.5 Å². The highest BCUT2D eigenvalue weighted by molar-refractivity contribution is 5.38. The van der Waals surface area contributed by atoms with Crippen molar-refractivity contribution in [1.82, 2.24) is 10.1 Å². The van der Waals surface area contributed by atoms with Gasteiger partial charge >= 0.3 is 6.01 Å². The molecular weight excluding hydrogens is 246 g/mol. The predicted molar refractivity (Wildman–Crippen MR) is 68.2 cm³/mol. The first-order valence-electron chi connectivity index (χ1n) is 6.18. The third-order valence-corrected chi connectivity index (χ3v) is 2.96. The van der Waals surface area contributed by atoms with E-state index in [0.717, 1.165) is 12.2 Å². The summed E-state index contributed by atoms with van der Waals surface area (Å²) in [6.45, 7) is 1.22. The van der Waals surface area contributed by atoms with Crippen LogP contribution in [-0.4, -0.2) is 30.4 Å². The Kier molecular flexibility index (Phi) is 3.33. The maximum Gasteiger partial charge on any atom is 0.321 e. The van der Waals surface area contributed by atoms with Gasteiger partial charge in [-0.15, -0.1) is 0 Å². The molecule has 0 saturated heterocycles. The Morgan fingerprint density at radius 3 is 3.16 bits per heavy atom. The second-order valence-corrected chi connectivity index (χ2v) is 4.30. The van der Waals surface area contributed by atoms with Crippen LogP contribution in [0, 0.1) is 0 Å². The van der Waals surface area contributed by atoms with Gasteiger partial charge in [-0.05, 0) is 11.6 Å². The zero-order valence-electron chi connectivity index (χ0n) is 10.6. The molecule has 6 nitrogen and oxygen atoms in total. The second-order valence-electron chi connectivity index (χ2n) is 4.30. The van der Waals surface area contributed by atoms with Gasteiger partial charge in [0.05, 0.1) is 6.61 Å². The molecule has 6 heteroatoms. The molecule has 1 aromatic carbocycles. The quantitative estimate of drug-likeness (QED) is 0.828. The number of nitrogens with one attached hydrogen (secondary N) is 1. The van der Waals surface area contributed by atoms with E-state index in [1.165, 1.54) is 5.56 Å². The lowest BCUT2D eigenvalue weighted by atomic mass is 10.1. The number of benzene rings is 1. The fraction of sp³-hybridized carbons (Fsp3) is 0.385. The highest BCUT2D eigenvalue weighted by atomic mass is 16.5. The van der Waals surface area contributed by atoms with Gasteiger partial charge in [0, 0.05) is 20.1 Å². The minimum atomic E-state index is -0.167. The smallest absolute Gasteiger partial charge is 0.321 e. The van der Waals surface area contributed by atoms with Gasteiger partial charge in [0.15, 0.2) is 6.10 Å². The van der Waals surface area contributed by atoms with E-state index in [-0.39, 0.29) is 6.10 Å². The third-order valence-electron chi connectivity index (χ3n) is 2.96. The van der Waals surface area contributed by atoms with E-state index in [4.69, 9.17) is 14.0 Å². The van der Waals surface area contributed by atoms with E-state index >= 15 is 0 Å². The zero-order chi connectivity index (χ0) is 13.1. The lowest BCUT2D eigenvalue weighted by Gasteiger charge is -2.04. The summed E-state index contributed by atoms with van der Waals surface area (Å²) in [5.74, 6) is 1.46. The van der Waals surface area contributed by atoms with Crippen molar-refractivity contribution in [3.8, 4) is 5.75 Å². The van der Waals surface area contributed by atoms with Gasteiger partial charge in [-0.25, -0.2) is 0 Å². The summed E-state index contributed by atoms with van der Waals surface area (Å²) in [5, 5.41) is 6.94. The maximum absolute atomic E-state index is 5.79. The summed E-state index contributed by atoms with van der Waals surface area (Å²) in [4.78, 5) is 4.28. The number of methoxy groups -OCH3 is 1. The number of nitrogens with zero attached hydrogens (tertiary/aromatic N) is 2. The van der Waals surface area contributed by atoms with Crippen LogP contribution in [0.5, 0.6) is 5.75 Å². The van der Waals surface area contributed by atoms with Crippen LogP contribution in [0.3, 0.4) is 0 Å². The Balaban J connectivity index is 1.65. The lowest BCUT2D eigenvalue weighted by molar-refractivity contribution is 0.209. The zero-order valence-corrected chi connectivity index (χ0v) is 10.6. The molecule has 1 atom stereocenters. The lowest BCUT2D eigenvalue weighted by Crippen LogP contribution is -2.08. The first-order chi connectivity index (χ1) is 9.36. The summed E-state index contributed by atoms with van der Waals surface area (Å²) in [5.41, 5.74) is 1.17. The minimum absolute atomic E-state index is 0.167. The van der Waals surface area contributed by atoms with Gasteiger partial charge in [0.2, 0.25) is 5.82 Å². The predicted octanol–water partition coefficient (Wildman–Crippen LogP) is 1.80. The first kappa shape index (κ1) is 12.0. The van der Waals surface area contributed by atoms with Crippen LogP contribution < -0.4 is 10.1 Å². The number of aromatic nitrogens is 2. The molecular formula is C13H15N3O3. The molecule has 0 fully saturated rings. The van der Waals surface area contributed by atoms with Crippen molar-refractivity contribution >= 4 is 6.01 Å². The van der Waals surface area contributed by atoms with Crippen LogP contribution in [0.25, 0.3) is 0 Å². The van der Waals surface area contributed by atoms with Crippen LogP contribution in [0.2, 0.25) is 0 Å². The van der Waals surface area contributed by atoms with Gasteiger partial charge in [0.1, 0.15) is 5.75 Å². The Morgan fingerprint density at radius 1 is 1.42 bits per heavy atom. The number of rotatable bonds is 5. The minimum Gasteiger partial charge on any atom is -0.482 e. The molecule has 0 saturated carbocycles. The largest absolute Gasteiger partial charge is 0.482 e. The van der Waals surface area contributed by atoms with E-state index in [1.807, 2.05) is 24.3 Å². The summed E-state index contributed by atoms with van der Waals surface area (Å²) in [7, 11) is 1.64. The van der Waals surface area contributed by atoms with Crippen molar-refractivity contribution in [2.45, 2.75) is 12.5 Å². The molecule has 0 aliphatic carbocycles. The Bertz CT molecular complexity index is 531. The monoisotopic (exact) mass is 261 g/mol. The van der Waals surface area contributed by atoms with Crippen molar-refractivity contribution < 1.29 is 14.0 Å². The fourth-order valence-electron chi connectivity index (χ4n) is 2.02. The molecule has 1 aliphatic rings. The molecule has 1 aliphatic heterocycles. The number of hydrogen-bond donors (Lipinski definition) is 1. The number of ether oxygens (including phenoxy) is 2. The van der Waals surface area contributed by atoms with Crippen molar-refractivity contribution in [2.24, 2.45) is 0 Å². The number of fused-ring (bicyclic) bond motifs is 1. The number of anilines is 1. The molecule has 19 heavy (non-hydrogen) atoms. The summed E-state index contributed by atoms with van der Waals surface area (Å²) < 4.78 is 15.8. The van der Waals surface area contributed by atoms with Gasteiger partial charge in [-0.2, -0.15) is 4.98 Å². The molecule has 1 aromatic heterocycles. The maximum atomic E-state index is 5.79. The molecule has 1 N–H and O–H groups in total. The Hall–Kier alpha value is -2.08. The average Bonchev–Trinajstić information content (AvgIpc) is 3.04. The average molecular weight is 261 g/mol. The van der Waals surface area contributed by atoms with E-state index in [9.17, 15) is 0 Å². The normalized spacial score (nSPS) is 17.0. The topological polar surface area (TPSA) is 69.4 Å². The molecule has 0 radical (unpaired) electrons. The molecule has 0 spiro atoms. The van der Waals surface area contributed by atoms with E-state index in [1.54, 1.807) is 7.11 Å². The fourth-order valence-corrected chi connectivity index (χ4v) is 2.02. The first-order valence-corrected chi connectivity index (χ1v) is 6.18. The number of para-hydroxylation sites is 1. The van der Waals surface area contributed by atoms with E-state index < -0.39 is 0 Å². The van der Waals surface area contributed by atoms with Crippen molar-refractivity contribution in [1.29, 1.82) is 0 Å². The van der Waals surface area contributed by atoms with E-state index in [0.29, 0.717) is 25.0 Å². The van der Waals surface area contributed by atoms with Gasteiger partial charge < -0.3 is 19.3 Å². The van der Waals surface area contributed by atoms with Gasteiger partial charge in [-0.1, -0.05) is 23.4 Å². The van der Waals surface area contributed by atoms with Crippen LogP contribution in [0.4, 0.5) is 6.01 Å². The molecule has 3 rings (SSSR count). The molecule has 2 heterocycles. The summed E-state index contributed by atoms with van der Waals surface area (Å²) in [6, 6.07) is 8.35. The Morgan fingerprint density at radius 2 is 2.32 bits per heavy atom. The molecule has 0 amide bonds. The van der Waals surface area contributed by atoms with Crippen molar-refractivity contribution in [3.05, 3.63) is 35.7 Å².